The normalized spacial score (nSPS) is 10.5. The fourth-order valence-electron chi connectivity index (χ4n) is 2.17. The molecule has 0 radical (unpaired) electrons. The minimum atomic E-state index is -0.541. The lowest BCUT2D eigenvalue weighted by Gasteiger charge is -2.05. The van der Waals surface area contributed by atoms with E-state index in [0.717, 1.165) is 0 Å². The molecule has 0 bridgehead atoms. The zero-order chi connectivity index (χ0) is 18.0. The minimum Gasteiger partial charge on any atom is -0.451 e. The molecule has 0 unspecified atom stereocenters. The summed E-state index contributed by atoms with van der Waals surface area (Å²) in [6.07, 6.45) is 0. The molecule has 0 saturated carbocycles. The molecular formula is C17H10Cl2N2O4. The van der Waals surface area contributed by atoms with Crippen molar-refractivity contribution in [3.8, 4) is 11.3 Å². The summed E-state index contributed by atoms with van der Waals surface area (Å²) in [4.78, 5) is 22.5. The molecule has 126 valence electrons. The van der Waals surface area contributed by atoms with Crippen LogP contribution in [0.4, 0.5) is 11.4 Å². The van der Waals surface area contributed by atoms with Crippen molar-refractivity contribution in [2.24, 2.45) is 0 Å². The number of furan rings is 1. The Morgan fingerprint density at radius 3 is 2.48 bits per heavy atom. The second-order valence-electron chi connectivity index (χ2n) is 5.02. The maximum Gasteiger partial charge on any atom is 0.291 e. The molecule has 0 aliphatic rings. The van der Waals surface area contributed by atoms with Crippen molar-refractivity contribution in [3.05, 3.63) is 80.5 Å². The fraction of sp³-hybridized carbons (Fsp3) is 0. The number of nitrogens with zero attached hydrogens (tertiary/aromatic N) is 1. The molecule has 0 aliphatic heterocycles. The first kappa shape index (κ1) is 17.0. The van der Waals surface area contributed by atoms with Gasteiger partial charge in [-0.2, -0.15) is 0 Å². The first-order valence-electron chi connectivity index (χ1n) is 7.06. The SMILES string of the molecule is O=C(Nc1ccccc1Cl)c1ccc(-c2ccc([N+](=O)[O-])cc2Cl)o1. The Hall–Kier alpha value is -2.83. The number of hydrogen-bond acceptors (Lipinski definition) is 4. The Labute approximate surface area is 152 Å². The summed E-state index contributed by atoms with van der Waals surface area (Å²) in [7, 11) is 0. The number of nitrogens with one attached hydrogen (secondary N) is 1. The summed E-state index contributed by atoms with van der Waals surface area (Å²) in [5.41, 5.74) is 0.779. The van der Waals surface area contributed by atoms with Gasteiger partial charge in [-0.15, -0.1) is 0 Å². The second kappa shape index (κ2) is 6.96. The maximum atomic E-state index is 12.3. The van der Waals surface area contributed by atoms with Gasteiger partial charge >= 0.3 is 0 Å². The standard InChI is InChI=1S/C17H10Cl2N2O4/c18-12-3-1-2-4-14(12)20-17(22)16-8-7-15(25-16)11-6-5-10(21(23)24)9-13(11)19/h1-9H,(H,20,22). The highest BCUT2D eigenvalue weighted by Gasteiger charge is 2.17. The minimum absolute atomic E-state index is 0.0596. The van der Waals surface area contributed by atoms with Crippen molar-refractivity contribution >= 4 is 40.5 Å². The molecule has 3 rings (SSSR count). The van der Waals surface area contributed by atoms with Gasteiger partial charge in [-0.3, -0.25) is 14.9 Å². The number of benzene rings is 2. The lowest BCUT2D eigenvalue weighted by Crippen LogP contribution is -2.11. The van der Waals surface area contributed by atoms with E-state index >= 15 is 0 Å². The summed E-state index contributed by atoms with van der Waals surface area (Å²) in [6.45, 7) is 0. The molecule has 1 N–H and O–H groups in total. The smallest absolute Gasteiger partial charge is 0.291 e. The molecule has 0 fully saturated rings. The fourth-order valence-corrected chi connectivity index (χ4v) is 2.62. The van der Waals surface area contributed by atoms with E-state index in [9.17, 15) is 14.9 Å². The molecule has 3 aromatic rings. The Balaban J connectivity index is 1.84. The number of anilines is 1. The van der Waals surface area contributed by atoms with Crippen molar-refractivity contribution in [2.45, 2.75) is 0 Å². The Morgan fingerprint density at radius 2 is 1.80 bits per heavy atom. The van der Waals surface area contributed by atoms with Crippen LogP contribution in [0, 0.1) is 10.1 Å². The Kier molecular flexibility index (Phi) is 4.74. The molecule has 1 heterocycles. The number of amides is 1. The van der Waals surface area contributed by atoms with Crippen molar-refractivity contribution in [1.29, 1.82) is 0 Å². The number of nitro groups is 1. The second-order valence-corrected chi connectivity index (χ2v) is 5.83. The molecule has 1 aromatic heterocycles. The summed E-state index contributed by atoms with van der Waals surface area (Å²) in [5.74, 6) is -0.0917. The molecule has 0 atom stereocenters. The zero-order valence-electron chi connectivity index (χ0n) is 12.5. The van der Waals surface area contributed by atoms with Gasteiger partial charge in [0.15, 0.2) is 5.76 Å². The highest BCUT2D eigenvalue weighted by molar-refractivity contribution is 6.34. The van der Waals surface area contributed by atoms with Gasteiger partial charge in [0.25, 0.3) is 11.6 Å². The van der Waals surface area contributed by atoms with E-state index in [2.05, 4.69) is 5.32 Å². The number of rotatable bonds is 4. The maximum absolute atomic E-state index is 12.3. The summed E-state index contributed by atoms with van der Waals surface area (Å²) in [5, 5.41) is 14.0. The number of carbonyl (C=O) groups is 1. The lowest BCUT2D eigenvalue weighted by molar-refractivity contribution is -0.384. The van der Waals surface area contributed by atoms with E-state index in [1.54, 1.807) is 30.3 Å². The third-order valence-electron chi connectivity index (χ3n) is 3.38. The first-order chi connectivity index (χ1) is 12.0. The van der Waals surface area contributed by atoms with E-state index in [1.165, 1.54) is 24.3 Å². The van der Waals surface area contributed by atoms with Crippen LogP contribution in [-0.4, -0.2) is 10.8 Å². The van der Waals surface area contributed by atoms with Gasteiger partial charge in [-0.1, -0.05) is 35.3 Å². The molecular weight excluding hydrogens is 367 g/mol. The zero-order valence-corrected chi connectivity index (χ0v) is 14.0. The van der Waals surface area contributed by atoms with E-state index in [4.69, 9.17) is 27.6 Å². The summed E-state index contributed by atoms with van der Waals surface area (Å²) < 4.78 is 5.52. The predicted octanol–water partition coefficient (Wildman–Crippen LogP) is 5.41. The first-order valence-corrected chi connectivity index (χ1v) is 7.81. The predicted molar refractivity (Wildman–Crippen MR) is 95.2 cm³/mol. The van der Waals surface area contributed by atoms with E-state index < -0.39 is 10.8 Å². The van der Waals surface area contributed by atoms with Crippen LogP contribution in [0.2, 0.25) is 10.0 Å². The number of non-ortho nitro benzene ring substituents is 1. The van der Waals surface area contributed by atoms with Crippen LogP contribution in [0.15, 0.2) is 59.0 Å². The monoisotopic (exact) mass is 376 g/mol. The average Bonchev–Trinajstić information content (AvgIpc) is 3.06. The number of nitro benzene ring substituents is 1. The number of hydrogen-bond donors (Lipinski definition) is 1. The quantitative estimate of drug-likeness (QED) is 0.486. The third-order valence-corrected chi connectivity index (χ3v) is 4.02. The highest BCUT2D eigenvalue weighted by Crippen LogP contribution is 2.32. The van der Waals surface area contributed by atoms with Crippen LogP contribution < -0.4 is 5.32 Å². The molecule has 25 heavy (non-hydrogen) atoms. The van der Waals surface area contributed by atoms with Crippen LogP contribution in [0.5, 0.6) is 0 Å². The van der Waals surface area contributed by atoms with E-state index in [1.807, 2.05) is 0 Å². The third kappa shape index (κ3) is 3.65. The van der Waals surface area contributed by atoms with Gasteiger partial charge < -0.3 is 9.73 Å². The van der Waals surface area contributed by atoms with Crippen LogP contribution >= 0.6 is 23.2 Å². The van der Waals surface area contributed by atoms with Crippen molar-refractivity contribution in [2.75, 3.05) is 5.32 Å². The van der Waals surface area contributed by atoms with E-state index in [-0.39, 0.29) is 16.5 Å². The average molecular weight is 377 g/mol. The summed E-state index contributed by atoms with van der Waals surface area (Å²) >= 11 is 12.1. The molecule has 8 heteroatoms. The van der Waals surface area contributed by atoms with Crippen molar-refractivity contribution in [3.63, 3.8) is 0 Å². The van der Waals surface area contributed by atoms with Crippen LogP contribution in [0.25, 0.3) is 11.3 Å². The molecule has 1 amide bonds. The summed E-state index contributed by atoms with van der Waals surface area (Å²) in [6, 6.07) is 13.9. The van der Waals surface area contributed by atoms with Gasteiger partial charge in [-0.25, -0.2) is 0 Å². The molecule has 6 nitrogen and oxygen atoms in total. The largest absolute Gasteiger partial charge is 0.451 e. The number of carbonyl (C=O) groups excluding carboxylic acids is 1. The molecule has 0 aliphatic carbocycles. The number of para-hydroxylation sites is 1. The van der Waals surface area contributed by atoms with Gasteiger partial charge in [0.2, 0.25) is 0 Å². The lowest BCUT2D eigenvalue weighted by atomic mass is 10.1. The van der Waals surface area contributed by atoms with E-state index in [0.29, 0.717) is 22.0 Å². The van der Waals surface area contributed by atoms with Crippen LogP contribution in [0.3, 0.4) is 0 Å². The van der Waals surface area contributed by atoms with Gasteiger partial charge in [0, 0.05) is 17.7 Å². The molecule has 2 aromatic carbocycles. The molecule has 0 saturated heterocycles. The van der Waals surface area contributed by atoms with Crippen LogP contribution in [-0.2, 0) is 0 Å². The highest BCUT2D eigenvalue weighted by atomic mass is 35.5. The van der Waals surface area contributed by atoms with Crippen molar-refractivity contribution in [1.82, 2.24) is 0 Å². The Bertz CT molecular complexity index is 969. The van der Waals surface area contributed by atoms with Gasteiger partial charge in [0.05, 0.1) is 20.7 Å². The van der Waals surface area contributed by atoms with Gasteiger partial charge in [-0.05, 0) is 30.3 Å². The molecule has 0 spiro atoms. The van der Waals surface area contributed by atoms with Gasteiger partial charge in [0.1, 0.15) is 5.76 Å². The Morgan fingerprint density at radius 1 is 1.04 bits per heavy atom. The van der Waals surface area contributed by atoms with Crippen LogP contribution in [0.1, 0.15) is 10.6 Å². The number of halogens is 2. The topological polar surface area (TPSA) is 85.4 Å². The van der Waals surface area contributed by atoms with Crippen molar-refractivity contribution < 1.29 is 14.1 Å².